The molecule has 2 amide bonds. The number of alkyl halides is 3. The topological polar surface area (TPSA) is 63.2 Å². The number of amides is 2. The second-order valence-corrected chi connectivity index (χ2v) is 6.27. The van der Waals surface area contributed by atoms with Crippen molar-refractivity contribution in [1.82, 2.24) is 15.6 Å². The molecule has 2 N–H and O–H groups in total. The maximum absolute atomic E-state index is 12.4. The molecule has 8 heteroatoms. The SMILES string of the molecule is Cc1cnccc1CNC(=O)NC1(c2cccc(OC(F)(F)F)c2)CC1. The van der Waals surface area contributed by atoms with Crippen molar-refractivity contribution in [2.75, 3.05) is 0 Å². The van der Waals surface area contributed by atoms with Crippen molar-refractivity contribution in [1.29, 1.82) is 0 Å². The van der Waals surface area contributed by atoms with Crippen LogP contribution in [0.4, 0.5) is 18.0 Å². The van der Waals surface area contributed by atoms with Crippen molar-refractivity contribution >= 4 is 6.03 Å². The molecule has 1 aliphatic rings. The largest absolute Gasteiger partial charge is 0.573 e. The van der Waals surface area contributed by atoms with Crippen LogP contribution in [0.1, 0.15) is 29.5 Å². The number of carbonyl (C=O) groups excluding carboxylic acids is 1. The normalized spacial score (nSPS) is 15.2. The summed E-state index contributed by atoms with van der Waals surface area (Å²) in [6.07, 6.45) is -0.0726. The second-order valence-electron chi connectivity index (χ2n) is 6.27. The van der Waals surface area contributed by atoms with Crippen molar-refractivity contribution in [3.8, 4) is 5.75 Å². The average molecular weight is 365 g/mol. The van der Waals surface area contributed by atoms with E-state index in [9.17, 15) is 18.0 Å². The summed E-state index contributed by atoms with van der Waals surface area (Å²) in [5.41, 5.74) is 1.85. The molecule has 0 aliphatic heterocycles. The Labute approximate surface area is 148 Å². The highest BCUT2D eigenvalue weighted by Crippen LogP contribution is 2.46. The molecule has 26 heavy (non-hydrogen) atoms. The summed E-state index contributed by atoms with van der Waals surface area (Å²) in [7, 11) is 0. The molecule has 0 unspecified atom stereocenters. The summed E-state index contributed by atoms with van der Waals surface area (Å²) in [5.74, 6) is -0.295. The van der Waals surface area contributed by atoms with Gasteiger partial charge in [0.2, 0.25) is 0 Å². The molecule has 1 heterocycles. The summed E-state index contributed by atoms with van der Waals surface area (Å²) >= 11 is 0. The number of benzene rings is 1. The van der Waals surface area contributed by atoms with Gasteiger partial charge >= 0.3 is 12.4 Å². The van der Waals surface area contributed by atoms with Crippen LogP contribution in [0.5, 0.6) is 5.75 Å². The molecule has 5 nitrogen and oxygen atoms in total. The third kappa shape index (κ3) is 4.44. The molecule has 1 aliphatic carbocycles. The third-order valence-electron chi connectivity index (χ3n) is 4.30. The van der Waals surface area contributed by atoms with E-state index in [4.69, 9.17) is 0 Å². The number of aryl methyl sites for hydroxylation is 1. The molecule has 0 atom stereocenters. The summed E-state index contributed by atoms with van der Waals surface area (Å²) in [6.45, 7) is 2.24. The minimum atomic E-state index is -4.75. The lowest BCUT2D eigenvalue weighted by atomic mass is 10.0. The van der Waals surface area contributed by atoms with Gasteiger partial charge in [0.15, 0.2) is 0 Å². The Balaban J connectivity index is 1.63. The van der Waals surface area contributed by atoms with Crippen LogP contribution in [0.25, 0.3) is 0 Å². The predicted octanol–water partition coefficient (Wildman–Crippen LogP) is 3.78. The standard InChI is InChI=1S/C18H18F3N3O2/c1-12-10-22-8-5-13(12)11-23-16(25)24-17(6-7-17)14-3-2-4-15(9-14)26-18(19,20)21/h2-5,8-10H,6-7,11H2,1H3,(H2,23,24,25). The number of rotatable bonds is 5. The first-order valence-corrected chi connectivity index (χ1v) is 8.09. The van der Waals surface area contributed by atoms with Crippen molar-refractivity contribution in [2.24, 2.45) is 0 Å². The molecule has 1 fully saturated rings. The lowest BCUT2D eigenvalue weighted by Crippen LogP contribution is -2.42. The number of aromatic nitrogens is 1. The van der Waals surface area contributed by atoms with E-state index in [2.05, 4.69) is 20.4 Å². The minimum absolute atomic E-state index is 0.295. The molecule has 0 saturated heterocycles. The Hall–Kier alpha value is -2.77. The molecule has 138 valence electrons. The highest BCUT2D eigenvalue weighted by molar-refractivity contribution is 5.75. The summed E-state index contributed by atoms with van der Waals surface area (Å²) in [4.78, 5) is 16.2. The van der Waals surface area contributed by atoms with E-state index in [0.29, 0.717) is 24.9 Å². The highest BCUT2D eigenvalue weighted by Gasteiger charge is 2.46. The first-order valence-electron chi connectivity index (χ1n) is 8.09. The number of urea groups is 1. The van der Waals surface area contributed by atoms with E-state index in [-0.39, 0.29) is 11.8 Å². The zero-order chi connectivity index (χ0) is 18.8. The number of nitrogens with zero attached hydrogens (tertiary/aromatic N) is 1. The molecular weight excluding hydrogens is 347 g/mol. The van der Waals surface area contributed by atoms with Gasteiger partial charge in [0, 0.05) is 18.9 Å². The van der Waals surface area contributed by atoms with Crippen LogP contribution in [0.2, 0.25) is 0 Å². The van der Waals surface area contributed by atoms with E-state index < -0.39 is 11.9 Å². The van der Waals surface area contributed by atoms with Crippen LogP contribution in [-0.2, 0) is 12.1 Å². The Kier molecular flexibility index (Phi) is 4.76. The molecule has 1 aromatic heterocycles. The van der Waals surface area contributed by atoms with Gasteiger partial charge < -0.3 is 15.4 Å². The van der Waals surface area contributed by atoms with Crippen LogP contribution in [0, 0.1) is 6.92 Å². The van der Waals surface area contributed by atoms with Crippen LogP contribution in [0.3, 0.4) is 0 Å². The first-order chi connectivity index (χ1) is 12.3. The Morgan fingerprint density at radius 1 is 1.31 bits per heavy atom. The van der Waals surface area contributed by atoms with E-state index in [1.807, 2.05) is 13.0 Å². The van der Waals surface area contributed by atoms with Gasteiger partial charge in [-0.3, -0.25) is 4.98 Å². The molecule has 0 spiro atoms. The van der Waals surface area contributed by atoms with Gasteiger partial charge in [-0.05, 0) is 54.7 Å². The number of ether oxygens (including phenoxy) is 1. The number of carbonyl (C=O) groups is 1. The van der Waals surface area contributed by atoms with Gasteiger partial charge in [-0.1, -0.05) is 12.1 Å². The van der Waals surface area contributed by atoms with E-state index in [1.54, 1.807) is 18.5 Å². The van der Waals surface area contributed by atoms with Gasteiger partial charge in [-0.15, -0.1) is 13.2 Å². The fraction of sp³-hybridized carbons (Fsp3) is 0.333. The highest BCUT2D eigenvalue weighted by atomic mass is 19.4. The maximum Gasteiger partial charge on any atom is 0.573 e. The van der Waals surface area contributed by atoms with Gasteiger partial charge in [0.05, 0.1) is 5.54 Å². The number of nitrogens with one attached hydrogen (secondary N) is 2. The Bertz CT molecular complexity index is 804. The maximum atomic E-state index is 12.4. The van der Waals surface area contributed by atoms with Crippen molar-refractivity contribution in [3.05, 3.63) is 59.4 Å². The monoisotopic (exact) mass is 365 g/mol. The van der Waals surface area contributed by atoms with Crippen LogP contribution >= 0.6 is 0 Å². The molecule has 0 bridgehead atoms. The van der Waals surface area contributed by atoms with Crippen LogP contribution in [0.15, 0.2) is 42.7 Å². The van der Waals surface area contributed by atoms with Crippen molar-refractivity contribution in [3.63, 3.8) is 0 Å². The smallest absolute Gasteiger partial charge is 0.406 e. The number of hydrogen-bond donors (Lipinski definition) is 2. The van der Waals surface area contributed by atoms with Gasteiger partial charge in [-0.25, -0.2) is 4.79 Å². The Morgan fingerprint density at radius 2 is 2.08 bits per heavy atom. The van der Waals surface area contributed by atoms with Crippen LogP contribution in [-0.4, -0.2) is 17.4 Å². The third-order valence-corrected chi connectivity index (χ3v) is 4.30. The van der Waals surface area contributed by atoms with Gasteiger partial charge in [-0.2, -0.15) is 0 Å². The zero-order valence-corrected chi connectivity index (χ0v) is 14.1. The van der Waals surface area contributed by atoms with Crippen molar-refractivity contribution < 1.29 is 22.7 Å². The van der Waals surface area contributed by atoms with Gasteiger partial charge in [0.1, 0.15) is 5.75 Å². The van der Waals surface area contributed by atoms with E-state index >= 15 is 0 Å². The molecule has 2 aromatic rings. The summed E-state index contributed by atoms with van der Waals surface area (Å²) in [6, 6.07) is 7.16. The number of halogens is 3. The first kappa shape index (κ1) is 18.0. The summed E-state index contributed by atoms with van der Waals surface area (Å²) in [5, 5.41) is 5.63. The fourth-order valence-electron chi connectivity index (χ4n) is 2.74. The second kappa shape index (κ2) is 6.86. The minimum Gasteiger partial charge on any atom is -0.406 e. The molecule has 1 saturated carbocycles. The van der Waals surface area contributed by atoms with E-state index in [0.717, 1.165) is 11.1 Å². The van der Waals surface area contributed by atoms with E-state index in [1.165, 1.54) is 18.2 Å². The van der Waals surface area contributed by atoms with Crippen molar-refractivity contribution in [2.45, 2.75) is 38.2 Å². The number of pyridine rings is 1. The quantitative estimate of drug-likeness (QED) is 0.848. The lowest BCUT2D eigenvalue weighted by molar-refractivity contribution is -0.274. The number of hydrogen-bond acceptors (Lipinski definition) is 3. The molecule has 1 aromatic carbocycles. The summed E-state index contributed by atoms with van der Waals surface area (Å²) < 4.78 is 41.1. The molecular formula is C18H18F3N3O2. The predicted molar refractivity (Wildman–Crippen MR) is 88.4 cm³/mol. The Morgan fingerprint density at radius 3 is 2.73 bits per heavy atom. The molecule has 0 radical (unpaired) electrons. The van der Waals surface area contributed by atoms with Crippen LogP contribution < -0.4 is 15.4 Å². The zero-order valence-electron chi connectivity index (χ0n) is 14.1. The average Bonchev–Trinajstić information content (AvgIpc) is 3.33. The fourth-order valence-corrected chi connectivity index (χ4v) is 2.74. The lowest BCUT2D eigenvalue weighted by Gasteiger charge is -2.20. The van der Waals surface area contributed by atoms with Gasteiger partial charge in [0.25, 0.3) is 0 Å². The molecule has 3 rings (SSSR count).